The maximum atomic E-state index is 11.7. The van der Waals surface area contributed by atoms with Gasteiger partial charge in [-0.1, -0.05) is 6.92 Å². The Hall–Kier alpha value is -0.740. The lowest BCUT2D eigenvalue weighted by molar-refractivity contribution is 0.555. The minimum atomic E-state index is -0.483. The van der Waals surface area contributed by atoms with Crippen molar-refractivity contribution in [2.75, 3.05) is 17.1 Å². The summed E-state index contributed by atoms with van der Waals surface area (Å²) in [6, 6.07) is 0. The van der Waals surface area contributed by atoms with E-state index in [0.29, 0.717) is 11.8 Å². The number of hydrogen-bond acceptors (Lipinski definition) is 3. The quantitative estimate of drug-likeness (QED) is 0.825. The van der Waals surface area contributed by atoms with Crippen LogP contribution < -0.4 is 10.9 Å². The van der Waals surface area contributed by atoms with Crippen LogP contribution in [-0.2, 0) is 7.05 Å². The number of rotatable bonds is 5. The molecule has 90 valence electrons. The van der Waals surface area contributed by atoms with Crippen molar-refractivity contribution in [3.63, 3.8) is 0 Å². The third kappa shape index (κ3) is 2.68. The van der Waals surface area contributed by atoms with Crippen LogP contribution in [0.5, 0.6) is 0 Å². The first-order chi connectivity index (χ1) is 7.58. The molecule has 0 atom stereocenters. The lowest BCUT2D eigenvalue weighted by atomic mass is 10.0. The van der Waals surface area contributed by atoms with Gasteiger partial charge in [-0.05, 0) is 6.42 Å². The summed E-state index contributed by atoms with van der Waals surface area (Å²) in [5.41, 5.74) is -0.667. The van der Waals surface area contributed by atoms with Gasteiger partial charge in [0.2, 0.25) is 0 Å². The molecule has 1 aromatic heterocycles. The molecule has 0 radical (unpaired) electrons. The Labute approximate surface area is 105 Å². The Morgan fingerprint density at radius 2 is 2.12 bits per heavy atom. The molecule has 1 heterocycles. The van der Waals surface area contributed by atoms with E-state index in [1.165, 1.54) is 4.57 Å². The van der Waals surface area contributed by atoms with Gasteiger partial charge in [-0.25, -0.2) is 4.98 Å². The fourth-order valence-electron chi connectivity index (χ4n) is 1.21. The fourth-order valence-corrected chi connectivity index (χ4v) is 2.01. The largest absolute Gasteiger partial charge is 0.358 e. The molecule has 1 aromatic rings. The summed E-state index contributed by atoms with van der Waals surface area (Å²) < 4.78 is 1.46. The molecule has 1 rings (SSSR count). The van der Waals surface area contributed by atoms with Gasteiger partial charge in [0.05, 0.1) is 5.54 Å². The van der Waals surface area contributed by atoms with E-state index in [0.717, 1.165) is 6.42 Å². The van der Waals surface area contributed by atoms with Gasteiger partial charge in [-0.3, -0.25) is 4.79 Å². The van der Waals surface area contributed by atoms with Crippen LogP contribution in [0.4, 0.5) is 5.82 Å². The molecule has 0 aliphatic heterocycles. The van der Waals surface area contributed by atoms with Crippen molar-refractivity contribution in [3.8, 4) is 0 Å². The summed E-state index contributed by atoms with van der Waals surface area (Å²) in [6.45, 7) is 1.96. The van der Waals surface area contributed by atoms with Crippen molar-refractivity contribution in [3.05, 3.63) is 22.7 Å². The summed E-state index contributed by atoms with van der Waals surface area (Å²) in [5.74, 6) is 0.938. The predicted molar refractivity (Wildman–Crippen MR) is 67.6 cm³/mol. The minimum absolute atomic E-state index is 0.185. The summed E-state index contributed by atoms with van der Waals surface area (Å²) in [7, 11) is 1.67. The normalized spacial score (nSPS) is 11.5. The van der Waals surface area contributed by atoms with Gasteiger partial charge in [0.1, 0.15) is 0 Å². The number of nitrogens with one attached hydrogen (secondary N) is 1. The second-order valence-electron chi connectivity index (χ2n) is 3.72. The average Bonchev–Trinajstić information content (AvgIpc) is 2.32. The number of alkyl halides is 2. The highest BCUT2D eigenvalue weighted by Crippen LogP contribution is 2.18. The van der Waals surface area contributed by atoms with Gasteiger partial charge in [-0.2, -0.15) is 0 Å². The maximum Gasteiger partial charge on any atom is 0.293 e. The number of anilines is 1. The monoisotopic (exact) mass is 263 g/mol. The molecule has 0 spiro atoms. The lowest BCUT2D eigenvalue weighted by Gasteiger charge is -2.29. The third-order valence-corrected chi connectivity index (χ3v) is 3.61. The zero-order valence-corrected chi connectivity index (χ0v) is 10.8. The SMILES string of the molecule is CCC(CCl)(CCl)Nc1nccn(C)c1=O. The topological polar surface area (TPSA) is 46.9 Å². The minimum Gasteiger partial charge on any atom is -0.358 e. The molecule has 0 amide bonds. The smallest absolute Gasteiger partial charge is 0.293 e. The van der Waals surface area contributed by atoms with Crippen molar-refractivity contribution in [1.29, 1.82) is 0 Å². The van der Waals surface area contributed by atoms with Crippen molar-refractivity contribution in [1.82, 2.24) is 9.55 Å². The van der Waals surface area contributed by atoms with E-state index in [1.807, 2.05) is 6.92 Å². The fraction of sp³-hybridized carbons (Fsp3) is 0.600. The Kier molecular flexibility index (Phi) is 4.62. The zero-order valence-electron chi connectivity index (χ0n) is 9.33. The maximum absolute atomic E-state index is 11.7. The molecule has 0 aromatic carbocycles. The van der Waals surface area contributed by atoms with E-state index in [4.69, 9.17) is 23.2 Å². The van der Waals surface area contributed by atoms with Crippen LogP contribution in [0, 0.1) is 0 Å². The molecule has 0 fully saturated rings. The van der Waals surface area contributed by atoms with E-state index in [-0.39, 0.29) is 11.4 Å². The number of aromatic nitrogens is 2. The Balaban J connectivity index is 3.03. The highest BCUT2D eigenvalue weighted by atomic mass is 35.5. The standard InChI is InChI=1S/C10H15Cl2N3O/c1-3-10(6-11,7-12)14-8-9(16)15(2)5-4-13-8/h4-5H,3,6-7H2,1-2H3,(H,13,14). The van der Waals surface area contributed by atoms with Crippen molar-refractivity contribution < 1.29 is 0 Å². The van der Waals surface area contributed by atoms with E-state index in [2.05, 4.69) is 10.3 Å². The lowest BCUT2D eigenvalue weighted by Crippen LogP contribution is -2.44. The van der Waals surface area contributed by atoms with Crippen LogP contribution in [0.3, 0.4) is 0 Å². The van der Waals surface area contributed by atoms with Gasteiger partial charge in [0.25, 0.3) is 5.56 Å². The van der Waals surface area contributed by atoms with E-state index >= 15 is 0 Å². The van der Waals surface area contributed by atoms with Crippen LogP contribution in [0.15, 0.2) is 17.2 Å². The molecule has 0 unspecified atom stereocenters. The molecule has 0 saturated heterocycles. The first-order valence-corrected chi connectivity index (χ1v) is 6.07. The predicted octanol–water partition coefficient (Wildman–Crippen LogP) is 1.82. The van der Waals surface area contributed by atoms with Gasteiger partial charge in [0, 0.05) is 31.2 Å². The number of aryl methyl sites for hydroxylation is 1. The van der Waals surface area contributed by atoms with Crippen LogP contribution in [0.2, 0.25) is 0 Å². The molecule has 0 saturated carbocycles. The van der Waals surface area contributed by atoms with E-state index < -0.39 is 5.54 Å². The molecule has 1 N–H and O–H groups in total. The molecule has 6 heteroatoms. The second-order valence-corrected chi connectivity index (χ2v) is 4.25. The van der Waals surface area contributed by atoms with Crippen LogP contribution >= 0.6 is 23.2 Å². The van der Waals surface area contributed by atoms with Crippen molar-refractivity contribution in [2.45, 2.75) is 18.9 Å². The molecular weight excluding hydrogens is 249 g/mol. The van der Waals surface area contributed by atoms with Crippen LogP contribution in [0.25, 0.3) is 0 Å². The number of halogens is 2. The summed E-state index contributed by atoms with van der Waals surface area (Å²) in [5, 5.41) is 3.04. The summed E-state index contributed by atoms with van der Waals surface area (Å²) in [6.07, 6.45) is 3.88. The highest BCUT2D eigenvalue weighted by Gasteiger charge is 2.27. The van der Waals surface area contributed by atoms with E-state index in [9.17, 15) is 4.79 Å². The van der Waals surface area contributed by atoms with Crippen LogP contribution in [0.1, 0.15) is 13.3 Å². The van der Waals surface area contributed by atoms with E-state index in [1.54, 1.807) is 19.4 Å². The van der Waals surface area contributed by atoms with Gasteiger partial charge in [-0.15, -0.1) is 23.2 Å². The Bertz CT molecular complexity index is 393. The first-order valence-electron chi connectivity index (χ1n) is 5.00. The van der Waals surface area contributed by atoms with Gasteiger partial charge >= 0.3 is 0 Å². The molecule has 0 aliphatic rings. The molecule has 0 bridgehead atoms. The van der Waals surface area contributed by atoms with Gasteiger partial charge in [0.15, 0.2) is 5.82 Å². The third-order valence-electron chi connectivity index (χ3n) is 2.59. The number of nitrogens with zero attached hydrogens (tertiary/aromatic N) is 2. The molecule has 0 aliphatic carbocycles. The van der Waals surface area contributed by atoms with Gasteiger partial charge < -0.3 is 9.88 Å². The number of hydrogen-bond donors (Lipinski definition) is 1. The van der Waals surface area contributed by atoms with Crippen molar-refractivity contribution in [2.24, 2.45) is 7.05 Å². The van der Waals surface area contributed by atoms with Crippen LogP contribution in [-0.4, -0.2) is 26.9 Å². The summed E-state index contributed by atoms with van der Waals surface area (Å²) >= 11 is 11.8. The summed E-state index contributed by atoms with van der Waals surface area (Å²) in [4.78, 5) is 15.8. The second kappa shape index (κ2) is 5.55. The molecule has 16 heavy (non-hydrogen) atoms. The first kappa shape index (κ1) is 13.3. The molecular formula is C10H15Cl2N3O. The van der Waals surface area contributed by atoms with Crippen molar-refractivity contribution >= 4 is 29.0 Å². The average molecular weight is 264 g/mol. The molecule has 4 nitrogen and oxygen atoms in total. The Morgan fingerprint density at radius 3 is 2.62 bits per heavy atom. The Morgan fingerprint density at radius 1 is 1.50 bits per heavy atom. The highest BCUT2D eigenvalue weighted by molar-refractivity contribution is 6.22. The zero-order chi connectivity index (χ0) is 12.2.